The average molecular weight is 387 g/mol. The molecule has 7 nitrogen and oxygen atoms in total. The maximum absolute atomic E-state index is 12.2. The zero-order valence-corrected chi connectivity index (χ0v) is 16.7. The second-order valence-electron chi connectivity index (χ2n) is 6.96. The fourth-order valence-corrected chi connectivity index (χ4v) is 3.12. The van der Waals surface area contributed by atoms with Gasteiger partial charge >= 0.3 is 5.97 Å². The molecule has 2 aromatic rings. The summed E-state index contributed by atoms with van der Waals surface area (Å²) in [5, 5.41) is 25.8. The Bertz CT molecular complexity index is 812. The Kier molecular flexibility index (Phi) is 7.75. The molecule has 152 valence electrons. The van der Waals surface area contributed by atoms with Gasteiger partial charge in [0.25, 0.3) is 5.91 Å². The minimum absolute atomic E-state index is 0.0712. The first-order chi connectivity index (χ1) is 13.3. The van der Waals surface area contributed by atoms with Crippen molar-refractivity contribution in [1.82, 2.24) is 15.1 Å². The van der Waals surface area contributed by atoms with Crippen molar-refractivity contribution in [3.05, 3.63) is 46.8 Å². The molecule has 0 saturated carbocycles. The number of aliphatic hydroxyl groups excluding tert-OH is 1. The van der Waals surface area contributed by atoms with Gasteiger partial charge in [0.05, 0.1) is 17.5 Å². The second kappa shape index (κ2) is 10.0. The summed E-state index contributed by atoms with van der Waals surface area (Å²) in [7, 11) is 0. The normalized spacial score (nSPS) is 12.0. The predicted octanol–water partition coefficient (Wildman–Crippen LogP) is 2.79. The first-order valence-corrected chi connectivity index (χ1v) is 9.67. The highest BCUT2D eigenvalue weighted by molar-refractivity contribution is 5.94. The Morgan fingerprint density at radius 2 is 1.89 bits per heavy atom. The molecule has 0 radical (unpaired) electrons. The number of nitrogens with one attached hydrogen (secondary N) is 1. The maximum atomic E-state index is 12.2. The summed E-state index contributed by atoms with van der Waals surface area (Å²) in [5.41, 5.74) is 4.05. The van der Waals surface area contributed by atoms with Gasteiger partial charge in [-0.2, -0.15) is 5.10 Å². The van der Waals surface area contributed by atoms with Gasteiger partial charge in [0.1, 0.15) is 0 Å². The van der Waals surface area contributed by atoms with Crippen LogP contribution < -0.4 is 5.32 Å². The molecule has 0 aliphatic rings. The number of aromatic nitrogens is 2. The van der Waals surface area contributed by atoms with Gasteiger partial charge in [-0.15, -0.1) is 0 Å². The summed E-state index contributed by atoms with van der Waals surface area (Å²) in [6, 6.07) is 7.16. The summed E-state index contributed by atoms with van der Waals surface area (Å²) in [6.07, 6.45) is 2.35. The Balaban J connectivity index is 2.01. The standard InChI is InChI=1S/C21H29N3O4/c1-4-18(25)6-5-13-22-21(28)16-7-9-17(10-8-16)24-15(3)19(14(2)23-24)11-12-20(26)27/h7-10,18,25H,4-6,11-13H2,1-3H3,(H,22,28)(H,26,27). The SMILES string of the molecule is CCC(O)CCCNC(=O)c1ccc(-n2nc(C)c(CCC(=O)O)c2C)cc1. The average Bonchev–Trinajstić information content (AvgIpc) is 2.96. The number of carbonyl (C=O) groups is 2. The maximum Gasteiger partial charge on any atom is 0.303 e. The minimum Gasteiger partial charge on any atom is -0.481 e. The number of rotatable bonds is 10. The predicted molar refractivity (Wildman–Crippen MR) is 107 cm³/mol. The molecular weight excluding hydrogens is 358 g/mol. The van der Waals surface area contributed by atoms with E-state index in [0.29, 0.717) is 24.9 Å². The van der Waals surface area contributed by atoms with E-state index in [1.54, 1.807) is 16.8 Å². The number of carbonyl (C=O) groups excluding carboxylic acids is 1. The number of benzene rings is 1. The third kappa shape index (κ3) is 5.66. The Labute approximate surface area is 165 Å². The van der Waals surface area contributed by atoms with Gasteiger partial charge in [0.2, 0.25) is 0 Å². The first-order valence-electron chi connectivity index (χ1n) is 9.67. The van der Waals surface area contributed by atoms with Crippen molar-refractivity contribution < 1.29 is 19.8 Å². The molecule has 1 unspecified atom stereocenters. The van der Waals surface area contributed by atoms with Crippen LogP contribution in [0.15, 0.2) is 24.3 Å². The van der Waals surface area contributed by atoms with E-state index < -0.39 is 5.97 Å². The molecule has 7 heteroatoms. The number of carboxylic acids is 1. The highest BCUT2D eigenvalue weighted by atomic mass is 16.4. The third-order valence-corrected chi connectivity index (χ3v) is 4.88. The van der Waals surface area contributed by atoms with Crippen LogP contribution in [0.1, 0.15) is 59.9 Å². The molecule has 1 aromatic carbocycles. The summed E-state index contributed by atoms with van der Waals surface area (Å²) >= 11 is 0. The molecule has 2 rings (SSSR count). The zero-order valence-electron chi connectivity index (χ0n) is 16.7. The van der Waals surface area contributed by atoms with E-state index in [9.17, 15) is 14.7 Å². The molecule has 0 spiro atoms. The van der Waals surface area contributed by atoms with Crippen molar-refractivity contribution in [1.29, 1.82) is 0 Å². The van der Waals surface area contributed by atoms with E-state index in [4.69, 9.17) is 5.11 Å². The highest BCUT2D eigenvalue weighted by Crippen LogP contribution is 2.20. The lowest BCUT2D eigenvalue weighted by atomic mass is 10.1. The van der Waals surface area contributed by atoms with Crippen LogP contribution in [0, 0.1) is 13.8 Å². The second-order valence-corrected chi connectivity index (χ2v) is 6.96. The van der Waals surface area contributed by atoms with Crippen molar-refractivity contribution >= 4 is 11.9 Å². The molecule has 0 saturated heterocycles. The molecule has 0 aliphatic carbocycles. The van der Waals surface area contributed by atoms with Crippen LogP contribution in [0.5, 0.6) is 0 Å². The fourth-order valence-electron chi connectivity index (χ4n) is 3.12. The lowest BCUT2D eigenvalue weighted by Gasteiger charge is -2.09. The van der Waals surface area contributed by atoms with E-state index >= 15 is 0 Å². The van der Waals surface area contributed by atoms with Gasteiger partial charge in [-0.05, 0) is 69.4 Å². The number of aryl methyl sites for hydroxylation is 1. The van der Waals surface area contributed by atoms with Crippen molar-refractivity contribution in [2.24, 2.45) is 0 Å². The molecule has 1 heterocycles. The monoisotopic (exact) mass is 387 g/mol. The molecule has 0 aliphatic heterocycles. The minimum atomic E-state index is -0.828. The largest absolute Gasteiger partial charge is 0.481 e. The number of aliphatic hydroxyl groups is 1. The Morgan fingerprint density at radius 1 is 1.21 bits per heavy atom. The lowest BCUT2D eigenvalue weighted by Crippen LogP contribution is -2.25. The molecule has 1 amide bonds. The molecule has 1 aromatic heterocycles. The van der Waals surface area contributed by atoms with Gasteiger partial charge < -0.3 is 15.5 Å². The van der Waals surface area contributed by atoms with E-state index in [1.165, 1.54) is 0 Å². The van der Waals surface area contributed by atoms with Crippen molar-refractivity contribution in [2.75, 3.05) is 6.54 Å². The highest BCUT2D eigenvalue weighted by Gasteiger charge is 2.14. The van der Waals surface area contributed by atoms with E-state index in [2.05, 4.69) is 10.4 Å². The summed E-state index contributed by atoms with van der Waals surface area (Å²) in [6.45, 7) is 6.26. The first kappa shape index (κ1) is 21.6. The van der Waals surface area contributed by atoms with Gasteiger partial charge in [-0.25, -0.2) is 4.68 Å². The molecular formula is C21H29N3O4. The number of hydrogen-bond acceptors (Lipinski definition) is 4. The number of nitrogens with zero attached hydrogens (tertiary/aromatic N) is 2. The number of amides is 1. The fraction of sp³-hybridized carbons (Fsp3) is 0.476. The van der Waals surface area contributed by atoms with Gasteiger partial charge in [-0.3, -0.25) is 9.59 Å². The van der Waals surface area contributed by atoms with Crippen LogP contribution in [0.3, 0.4) is 0 Å². The molecule has 0 fully saturated rings. The van der Waals surface area contributed by atoms with Crippen LogP contribution >= 0.6 is 0 Å². The Morgan fingerprint density at radius 3 is 2.50 bits per heavy atom. The van der Waals surface area contributed by atoms with Crippen molar-refractivity contribution in [3.8, 4) is 5.69 Å². The van der Waals surface area contributed by atoms with E-state index in [1.807, 2.05) is 32.9 Å². The van der Waals surface area contributed by atoms with E-state index in [-0.39, 0.29) is 18.4 Å². The van der Waals surface area contributed by atoms with Gasteiger partial charge in [0, 0.05) is 24.2 Å². The molecule has 1 atom stereocenters. The smallest absolute Gasteiger partial charge is 0.303 e. The van der Waals surface area contributed by atoms with Crippen LogP contribution in [-0.2, 0) is 11.2 Å². The van der Waals surface area contributed by atoms with Crippen molar-refractivity contribution in [2.45, 2.75) is 59.0 Å². The number of hydrogen-bond donors (Lipinski definition) is 3. The summed E-state index contributed by atoms with van der Waals surface area (Å²) in [4.78, 5) is 23.1. The Hall–Kier alpha value is -2.67. The summed E-state index contributed by atoms with van der Waals surface area (Å²) in [5.74, 6) is -0.973. The summed E-state index contributed by atoms with van der Waals surface area (Å²) < 4.78 is 1.78. The lowest BCUT2D eigenvalue weighted by molar-refractivity contribution is -0.136. The van der Waals surface area contributed by atoms with Crippen molar-refractivity contribution in [3.63, 3.8) is 0 Å². The number of aliphatic carboxylic acids is 1. The van der Waals surface area contributed by atoms with Crippen LogP contribution in [0.4, 0.5) is 0 Å². The van der Waals surface area contributed by atoms with Gasteiger partial charge in [0.15, 0.2) is 0 Å². The topological polar surface area (TPSA) is 104 Å². The third-order valence-electron chi connectivity index (χ3n) is 4.88. The van der Waals surface area contributed by atoms with Crippen LogP contribution in [0.25, 0.3) is 5.69 Å². The zero-order chi connectivity index (χ0) is 20.7. The van der Waals surface area contributed by atoms with Crippen LogP contribution in [0.2, 0.25) is 0 Å². The molecule has 0 bridgehead atoms. The quantitative estimate of drug-likeness (QED) is 0.544. The van der Waals surface area contributed by atoms with Gasteiger partial charge in [-0.1, -0.05) is 6.92 Å². The van der Waals surface area contributed by atoms with Crippen LogP contribution in [-0.4, -0.2) is 44.5 Å². The van der Waals surface area contributed by atoms with E-state index in [0.717, 1.165) is 35.5 Å². The molecule has 28 heavy (non-hydrogen) atoms. The number of carboxylic acid groups (broad SMARTS) is 1. The molecule has 3 N–H and O–H groups in total.